The van der Waals surface area contributed by atoms with Crippen LogP contribution in [0.3, 0.4) is 0 Å². The molecule has 4 N–H and O–H groups in total. The van der Waals surface area contributed by atoms with Crippen molar-refractivity contribution in [2.45, 2.75) is 57.7 Å². The highest BCUT2D eigenvalue weighted by atomic mass is 16.3. The highest BCUT2D eigenvalue weighted by Gasteiger charge is 2.13. The van der Waals surface area contributed by atoms with E-state index in [2.05, 4.69) is 6.92 Å². The molecule has 0 aliphatic heterocycles. The van der Waals surface area contributed by atoms with E-state index in [1.54, 1.807) is 0 Å². The average Bonchev–Trinajstić information content (AvgIpc) is 2.02. The van der Waals surface area contributed by atoms with Crippen LogP contribution in [0.25, 0.3) is 0 Å². The molecule has 2 atom stereocenters. The molecule has 4 nitrogen and oxygen atoms in total. The molecule has 0 aliphatic carbocycles. The van der Waals surface area contributed by atoms with E-state index in [1.165, 1.54) is 0 Å². The fourth-order valence-corrected chi connectivity index (χ4v) is 1.38. The SMILES string of the molecule is CCCCCC(O)CC(O)CC(N)=O. The van der Waals surface area contributed by atoms with Crippen molar-refractivity contribution < 1.29 is 15.0 Å². The van der Waals surface area contributed by atoms with Gasteiger partial charge >= 0.3 is 0 Å². The lowest BCUT2D eigenvalue weighted by molar-refractivity contribution is -0.120. The van der Waals surface area contributed by atoms with Gasteiger partial charge in [0.2, 0.25) is 5.91 Å². The molecule has 0 aromatic carbocycles. The monoisotopic (exact) mass is 203 g/mol. The van der Waals surface area contributed by atoms with Crippen molar-refractivity contribution in [3.05, 3.63) is 0 Å². The van der Waals surface area contributed by atoms with Crippen molar-refractivity contribution in [2.75, 3.05) is 0 Å². The predicted molar refractivity (Wildman–Crippen MR) is 54.6 cm³/mol. The molecule has 0 saturated carbocycles. The molecule has 0 spiro atoms. The Morgan fingerprint density at radius 1 is 1.29 bits per heavy atom. The van der Waals surface area contributed by atoms with Crippen LogP contribution < -0.4 is 5.73 Å². The van der Waals surface area contributed by atoms with Crippen LogP contribution in [0.1, 0.15) is 45.4 Å². The summed E-state index contributed by atoms with van der Waals surface area (Å²) >= 11 is 0. The predicted octanol–water partition coefficient (Wildman–Crippen LogP) is 0.554. The molecule has 2 unspecified atom stereocenters. The molecule has 14 heavy (non-hydrogen) atoms. The highest BCUT2D eigenvalue weighted by molar-refractivity contribution is 5.74. The van der Waals surface area contributed by atoms with Crippen LogP contribution >= 0.6 is 0 Å². The van der Waals surface area contributed by atoms with Crippen LogP contribution in [0, 0.1) is 0 Å². The molecule has 0 saturated heterocycles. The minimum absolute atomic E-state index is 0.0646. The summed E-state index contributed by atoms with van der Waals surface area (Å²) in [6.07, 6.45) is 2.70. The Morgan fingerprint density at radius 3 is 2.43 bits per heavy atom. The summed E-state index contributed by atoms with van der Waals surface area (Å²) in [6.45, 7) is 2.09. The van der Waals surface area contributed by atoms with Gasteiger partial charge in [-0.2, -0.15) is 0 Å². The van der Waals surface area contributed by atoms with Crippen molar-refractivity contribution >= 4 is 5.91 Å². The Morgan fingerprint density at radius 2 is 1.93 bits per heavy atom. The fraction of sp³-hybridized carbons (Fsp3) is 0.900. The molecule has 0 bridgehead atoms. The van der Waals surface area contributed by atoms with Gasteiger partial charge in [-0.25, -0.2) is 0 Å². The third kappa shape index (κ3) is 8.01. The van der Waals surface area contributed by atoms with Gasteiger partial charge in [-0.15, -0.1) is 0 Å². The van der Waals surface area contributed by atoms with Crippen LogP contribution in [0.2, 0.25) is 0 Å². The summed E-state index contributed by atoms with van der Waals surface area (Å²) < 4.78 is 0. The number of hydrogen-bond donors (Lipinski definition) is 3. The molecule has 0 aromatic heterocycles. The minimum Gasteiger partial charge on any atom is -0.393 e. The van der Waals surface area contributed by atoms with E-state index in [-0.39, 0.29) is 12.8 Å². The summed E-state index contributed by atoms with van der Waals surface area (Å²) in [5.41, 5.74) is 4.91. The van der Waals surface area contributed by atoms with Gasteiger partial charge in [0.25, 0.3) is 0 Å². The molecular weight excluding hydrogens is 182 g/mol. The third-order valence-corrected chi connectivity index (χ3v) is 2.12. The Balaban J connectivity index is 3.49. The molecule has 0 rings (SSSR count). The zero-order valence-electron chi connectivity index (χ0n) is 8.78. The number of carbonyl (C=O) groups is 1. The standard InChI is InChI=1S/C10H21NO3/c1-2-3-4-5-8(12)6-9(13)7-10(11)14/h8-9,12-13H,2-7H2,1H3,(H2,11,14). The normalized spacial score (nSPS) is 15.1. The molecule has 1 amide bonds. The van der Waals surface area contributed by atoms with Gasteiger partial charge in [0.1, 0.15) is 0 Å². The summed E-state index contributed by atoms with van der Waals surface area (Å²) in [4.78, 5) is 10.4. The van der Waals surface area contributed by atoms with E-state index in [4.69, 9.17) is 5.73 Å². The number of amides is 1. The van der Waals surface area contributed by atoms with Gasteiger partial charge < -0.3 is 15.9 Å². The Hall–Kier alpha value is -0.610. The molecular formula is C10H21NO3. The maximum Gasteiger partial charge on any atom is 0.220 e. The lowest BCUT2D eigenvalue weighted by Gasteiger charge is -2.13. The molecule has 84 valence electrons. The van der Waals surface area contributed by atoms with E-state index in [9.17, 15) is 15.0 Å². The van der Waals surface area contributed by atoms with E-state index < -0.39 is 18.1 Å². The quantitative estimate of drug-likeness (QED) is 0.504. The van der Waals surface area contributed by atoms with Gasteiger partial charge in [-0.3, -0.25) is 4.79 Å². The highest BCUT2D eigenvalue weighted by Crippen LogP contribution is 2.09. The maximum atomic E-state index is 10.4. The molecule has 0 heterocycles. The maximum absolute atomic E-state index is 10.4. The summed E-state index contributed by atoms with van der Waals surface area (Å²) in [6, 6.07) is 0. The summed E-state index contributed by atoms with van der Waals surface area (Å²) in [5.74, 6) is -0.529. The summed E-state index contributed by atoms with van der Waals surface area (Å²) in [5, 5.41) is 18.7. The number of aliphatic hydroxyl groups excluding tert-OH is 2. The zero-order chi connectivity index (χ0) is 11.0. The fourth-order valence-electron chi connectivity index (χ4n) is 1.38. The molecule has 0 aromatic rings. The Labute approximate surface area is 85.1 Å². The van der Waals surface area contributed by atoms with Crippen molar-refractivity contribution in [3.63, 3.8) is 0 Å². The first-order valence-electron chi connectivity index (χ1n) is 5.20. The van der Waals surface area contributed by atoms with Crippen LogP contribution in [-0.4, -0.2) is 28.3 Å². The number of aliphatic hydroxyl groups is 2. The second kappa shape index (κ2) is 7.76. The van der Waals surface area contributed by atoms with E-state index in [0.717, 1.165) is 19.3 Å². The van der Waals surface area contributed by atoms with E-state index >= 15 is 0 Å². The average molecular weight is 203 g/mol. The number of nitrogens with two attached hydrogens (primary N) is 1. The van der Waals surface area contributed by atoms with E-state index in [1.807, 2.05) is 0 Å². The van der Waals surface area contributed by atoms with Crippen LogP contribution in [0.4, 0.5) is 0 Å². The van der Waals surface area contributed by atoms with Gasteiger partial charge in [0.15, 0.2) is 0 Å². The molecule has 0 aliphatic rings. The van der Waals surface area contributed by atoms with Crippen molar-refractivity contribution in [2.24, 2.45) is 5.73 Å². The topological polar surface area (TPSA) is 83.6 Å². The van der Waals surface area contributed by atoms with Gasteiger partial charge in [0.05, 0.1) is 18.6 Å². The van der Waals surface area contributed by atoms with Gasteiger partial charge in [0, 0.05) is 0 Å². The second-order valence-electron chi connectivity index (χ2n) is 3.71. The number of carbonyl (C=O) groups excluding carboxylic acids is 1. The molecule has 4 heteroatoms. The largest absolute Gasteiger partial charge is 0.393 e. The zero-order valence-corrected chi connectivity index (χ0v) is 8.78. The van der Waals surface area contributed by atoms with Crippen LogP contribution in [0.5, 0.6) is 0 Å². The number of unbranched alkanes of at least 4 members (excludes halogenated alkanes) is 2. The Kier molecular flexibility index (Phi) is 7.42. The number of rotatable bonds is 8. The van der Waals surface area contributed by atoms with E-state index in [0.29, 0.717) is 6.42 Å². The van der Waals surface area contributed by atoms with Crippen molar-refractivity contribution in [1.82, 2.24) is 0 Å². The Bertz CT molecular complexity index is 161. The first-order chi connectivity index (χ1) is 6.56. The van der Waals surface area contributed by atoms with Crippen LogP contribution in [-0.2, 0) is 4.79 Å². The lowest BCUT2D eigenvalue weighted by atomic mass is 10.0. The smallest absolute Gasteiger partial charge is 0.220 e. The van der Waals surface area contributed by atoms with Crippen molar-refractivity contribution in [1.29, 1.82) is 0 Å². The van der Waals surface area contributed by atoms with Crippen LogP contribution in [0.15, 0.2) is 0 Å². The number of primary amides is 1. The number of hydrogen-bond acceptors (Lipinski definition) is 3. The first kappa shape index (κ1) is 13.4. The first-order valence-corrected chi connectivity index (χ1v) is 5.20. The minimum atomic E-state index is -0.802. The summed E-state index contributed by atoms with van der Waals surface area (Å²) in [7, 11) is 0. The lowest BCUT2D eigenvalue weighted by Crippen LogP contribution is -2.24. The van der Waals surface area contributed by atoms with Gasteiger partial charge in [-0.1, -0.05) is 26.2 Å². The molecule has 0 radical (unpaired) electrons. The van der Waals surface area contributed by atoms with Crippen molar-refractivity contribution in [3.8, 4) is 0 Å². The van der Waals surface area contributed by atoms with Gasteiger partial charge in [-0.05, 0) is 12.8 Å². The molecule has 0 fully saturated rings. The third-order valence-electron chi connectivity index (χ3n) is 2.12. The second-order valence-corrected chi connectivity index (χ2v) is 3.71.